The second kappa shape index (κ2) is 7.82. The summed E-state index contributed by atoms with van der Waals surface area (Å²) in [5.74, 6) is 2.29. The minimum absolute atomic E-state index is 0.0178. The van der Waals surface area contributed by atoms with Crippen LogP contribution in [0.3, 0.4) is 0 Å². The van der Waals surface area contributed by atoms with Crippen molar-refractivity contribution in [1.82, 2.24) is 14.7 Å². The number of benzene rings is 1. The van der Waals surface area contributed by atoms with E-state index in [2.05, 4.69) is 46.5 Å². The van der Waals surface area contributed by atoms with Crippen molar-refractivity contribution < 1.29 is 4.79 Å². The topological polar surface area (TPSA) is 76.2 Å². The van der Waals surface area contributed by atoms with Crippen LogP contribution in [0.15, 0.2) is 42.6 Å². The number of nitrogens with two attached hydrogens (primary N) is 1. The first-order chi connectivity index (χ1) is 13.2. The van der Waals surface area contributed by atoms with Crippen LogP contribution in [0.4, 0.5) is 5.82 Å². The molecule has 0 bridgehead atoms. The fraction of sp³-hybridized carbons (Fsp3) is 0.524. The van der Waals surface area contributed by atoms with E-state index in [0.29, 0.717) is 36.9 Å². The van der Waals surface area contributed by atoms with E-state index >= 15 is 0 Å². The Hall–Kier alpha value is -2.18. The number of hydrogen-bond acceptors (Lipinski definition) is 4. The lowest BCUT2D eigenvalue weighted by Crippen LogP contribution is -2.33. The number of hydrogen-bond donors (Lipinski definition) is 2. The smallest absolute Gasteiger partial charge is 0.239 e. The van der Waals surface area contributed by atoms with Crippen LogP contribution in [0.2, 0.25) is 0 Å². The van der Waals surface area contributed by atoms with Crippen LogP contribution in [0.1, 0.15) is 37.3 Å². The second-order valence-corrected chi connectivity index (χ2v) is 7.99. The molecule has 4 rings (SSSR count). The van der Waals surface area contributed by atoms with Crippen molar-refractivity contribution in [1.29, 1.82) is 0 Å². The van der Waals surface area contributed by atoms with E-state index in [0.717, 1.165) is 18.9 Å². The van der Waals surface area contributed by atoms with Gasteiger partial charge in [-0.15, -0.1) is 0 Å². The van der Waals surface area contributed by atoms with E-state index in [1.807, 2.05) is 16.8 Å². The van der Waals surface area contributed by atoms with Gasteiger partial charge >= 0.3 is 0 Å². The number of nitrogens with zero attached hydrogens (tertiary/aromatic N) is 3. The summed E-state index contributed by atoms with van der Waals surface area (Å²) in [5, 5.41) is 7.47. The van der Waals surface area contributed by atoms with E-state index in [4.69, 9.17) is 5.73 Å². The summed E-state index contributed by atoms with van der Waals surface area (Å²) in [7, 11) is 0. The van der Waals surface area contributed by atoms with Crippen LogP contribution in [0.5, 0.6) is 0 Å². The average molecular weight is 367 g/mol. The largest absolute Gasteiger partial charge is 0.330 e. The predicted octanol–water partition coefficient (Wildman–Crippen LogP) is 2.47. The van der Waals surface area contributed by atoms with Gasteiger partial charge in [-0.25, -0.2) is 4.68 Å². The van der Waals surface area contributed by atoms with Gasteiger partial charge in [-0.05, 0) is 43.7 Å². The summed E-state index contributed by atoms with van der Waals surface area (Å²) in [6.07, 6.45) is 4.27. The number of amides is 1. The Morgan fingerprint density at radius 2 is 2.04 bits per heavy atom. The lowest BCUT2D eigenvalue weighted by atomic mass is 9.89. The molecule has 1 aliphatic heterocycles. The van der Waals surface area contributed by atoms with E-state index in [1.165, 1.54) is 18.4 Å². The molecule has 0 spiro atoms. The molecular weight excluding hydrogens is 338 g/mol. The van der Waals surface area contributed by atoms with Gasteiger partial charge in [-0.2, -0.15) is 5.10 Å². The molecule has 2 fully saturated rings. The van der Waals surface area contributed by atoms with Gasteiger partial charge in [-0.1, -0.05) is 30.3 Å². The van der Waals surface area contributed by atoms with Gasteiger partial charge in [0.2, 0.25) is 5.91 Å². The van der Waals surface area contributed by atoms with Crippen molar-refractivity contribution in [2.75, 3.05) is 31.5 Å². The fourth-order valence-electron chi connectivity index (χ4n) is 4.31. The van der Waals surface area contributed by atoms with Crippen LogP contribution in [0.25, 0.3) is 0 Å². The highest BCUT2D eigenvalue weighted by Gasteiger charge is 2.34. The van der Waals surface area contributed by atoms with Crippen molar-refractivity contribution in [3.8, 4) is 0 Å². The summed E-state index contributed by atoms with van der Waals surface area (Å²) in [5.41, 5.74) is 7.33. The first kappa shape index (κ1) is 18.2. The summed E-state index contributed by atoms with van der Waals surface area (Å²) in [4.78, 5) is 14.9. The summed E-state index contributed by atoms with van der Waals surface area (Å²) >= 11 is 0. The molecule has 1 saturated carbocycles. The number of aromatic nitrogens is 2. The van der Waals surface area contributed by atoms with Gasteiger partial charge in [0.25, 0.3) is 0 Å². The third kappa shape index (κ3) is 4.06. The monoisotopic (exact) mass is 367 g/mol. The standard InChI is InChI=1S/C21H29N5O/c1-15(16-7-8-16)26-20(9-10-23-26)24-21(27)14-25-12-18(11-22)19(13-25)17-5-3-2-4-6-17/h2-6,9-10,15-16,18-19H,7-8,11-14,22H2,1H3,(H,24,27)/t15?,18-,19+/m1/s1. The zero-order valence-electron chi connectivity index (χ0n) is 15.9. The van der Waals surface area contributed by atoms with Crippen molar-refractivity contribution in [2.45, 2.75) is 31.7 Å². The first-order valence-corrected chi connectivity index (χ1v) is 9.96. The van der Waals surface area contributed by atoms with E-state index in [9.17, 15) is 4.79 Å². The maximum absolute atomic E-state index is 12.6. The summed E-state index contributed by atoms with van der Waals surface area (Å²) in [6.45, 7) is 4.95. The van der Waals surface area contributed by atoms with Crippen LogP contribution < -0.4 is 11.1 Å². The molecule has 27 heavy (non-hydrogen) atoms. The lowest BCUT2D eigenvalue weighted by molar-refractivity contribution is -0.117. The van der Waals surface area contributed by atoms with Gasteiger partial charge in [0, 0.05) is 25.1 Å². The molecular formula is C21H29N5O. The normalized spacial score (nSPS) is 24.1. The Bertz CT molecular complexity index is 770. The first-order valence-electron chi connectivity index (χ1n) is 9.96. The SMILES string of the molecule is CC(C1CC1)n1nccc1NC(=O)CN1C[C@@H](CN)[C@H](c2ccccc2)C1. The number of nitrogens with one attached hydrogen (secondary N) is 1. The van der Waals surface area contributed by atoms with Gasteiger partial charge < -0.3 is 11.1 Å². The van der Waals surface area contributed by atoms with E-state index in [-0.39, 0.29) is 5.91 Å². The van der Waals surface area contributed by atoms with Gasteiger partial charge in [0.05, 0.1) is 18.8 Å². The van der Waals surface area contributed by atoms with E-state index in [1.54, 1.807) is 6.20 Å². The van der Waals surface area contributed by atoms with Crippen LogP contribution in [-0.2, 0) is 4.79 Å². The minimum atomic E-state index is 0.0178. The van der Waals surface area contributed by atoms with Crippen molar-refractivity contribution in [2.24, 2.45) is 17.6 Å². The van der Waals surface area contributed by atoms with Crippen molar-refractivity contribution >= 4 is 11.7 Å². The molecule has 2 aliphatic rings. The molecule has 144 valence electrons. The van der Waals surface area contributed by atoms with Crippen LogP contribution in [-0.4, -0.2) is 46.8 Å². The molecule has 1 aromatic heterocycles. The van der Waals surface area contributed by atoms with Gasteiger partial charge in [-0.3, -0.25) is 9.69 Å². The average Bonchev–Trinajstić information content (AvgIpc) is 3.30. The Morgan fingerprint density at radius 1 is 1.26 bits per heavy atom. The Kier molecular flexibility index (Phi) is 5.27. The molecule has 2 heterocycles. The zero-order valence-corrected chi connectivity index (χ0v) is 15.9. The molecule has 1 aromatic carbocycles. The molecule has 3 N–H and O–H groups in total. The molecule has 6 nitrogen and oxygen atoms in total. The second-order valence-electron chi connectivity index (χ2n) is 7.99. The van der Waals surface area contributed by atoms with Crippen molar-refractivity contribution in [3.05, 3.63) is 48.2 Å². The molecule has 2 aromatic rings. The maximum Gasteiger partial charge on any atom is 0.239 e. The minimum Gasteiger partial charge on any atom is -0.330 e. The van der Waals surface area contributed by atoms with Gasteiger partial charge in [0.15, 0.2) is 0 Å². The third-order valence-corrected chi connectivity index (χ3v) is 6.04. The maximum atomic E-state index is 12.6. The highest BCUT2D eigenvalue weighted by atomic mass is 16.2. The van der Waals surface area contributed by atoms with Crippen LogP contribution >= 0.6 is 0 Å². The molecule has 0 radical (unpaired) electrons. The summed E-state index contributed by atoms with van der Waals surface area (Å²) < 4.78 is 1.95. The van der Waals surface area contributed by atoms with Crippen molar-refractivity contribution in [3.63, 3.8) is 0 Å². The number of carbonyl (C=O) groups is 1. The summed E-state index contributed by atoms with van der Waals surface area (Å²) in [6, 6.07) is 12.7. The number of carbonyl (C=O) groups excluding carboxylic acids is 1. The number of likely N-dealkylation sites (tertiary alicyclic amines) is 1. The lowest BCUT2D eigenvalue weighted by Gasteiger charge is -2.18. The zero-order chi connectivity index (χ0) is 18.8. The molecule has 1 unspecified atom stereocenters. The molecule has 3 atom stereocenters. The number of rotatable bonds is 7. The quantitative estimate of drug-likeness (QED) is 0.788. The predicted molar refractivity (Wildman–Crippen MR) is 106 cm³/mol. The van der Waals surface area contributed by atoms with Gasteiger partial charge in [0.1, 0.15) is 5.82 Å². The Balaban J connectivity index is 1.37. The molecule has 1 saturated heterocycles. The third-order valence-electron chi connectivity index (χ3n) is 6.04. The Labute approximate surface area is 160 Å². The van der Waals surface area contributed by atoms with Crippen LogP contribution in [0, 0.1) is 11.8 Å². The van der Waals surface area contributed by atoms with E-state index < -0.39 is 0 Å². The highest BCUT2D eigenvalue weighted by molar-refractivity contribution is 5.91. The Morgan fingerprint density at radius 3 is 2.74 bits per heavy atom. The number of anilines is 1. The fourth-order valence-corrected chi connectivity index (χ4v) is 4.31. The molecule has 1 aliphatic carbocycles. The molecule has 1 amide bonds. The highest BCUT2D eigenvalue weighted by Crippen LogP contribution is 2.40. The molecule has 6 heteroatoms.